The Morgan fingerprint density at radius 1 is 1.09 bits per heavy atom. The second-order valence-corrected chi connectivity index (χ2v) is 8.93. The first-order valence-electron chi connectivity index (χ1n) is 10.3. The van der Waals surface area contributed by atoms with Crippen molar-refractivity contribution in [3.63, 3.8) is 0 Å². The standard InChI is InChI=1S/C25H21ClN2O5S/c1-14(2)32-21-10-8-15(17-6-4-5-7-18(17)21)12-22(24(29)30)34-25-28-27-23(33-25)19-13-16(26)9-11-20(19)31-3/h4-14H,1-3H3,(H,29,30)/b22-12-. The van der Waals surface area contributed by atoms with Crippen LogP contribution >= 0.6 is 23.4 Å². The van der Waals surface area contributed by atoms with Crippen molar-refractivity contribution in [2.75, 3.05) is 7.11 Å². The van der Waals surface area contributed by atoms with E-state index in [1.165, 1.54) is 7.11 Å². The number of nitrogens with zero attached hydrogens (tertiary/aromatic N) is 2. The summed E-state index contributed by atoms with van der Waals surface area (Å²) in [6.07, 6.45) is 1.60. The maximum atomic E-state index is 12.0. The third kappa shape index (κ3) is 5.18. The molecule has 174 valence electrons. The summed E-state index contributed by atoms with van der Waals surface area (Å²) >= 11 is 6.95. The fourth-order valence-corrected chi connectivity index (χ4v) is 4.19. The summed E-state index contributed by atoms with van der Waals surface area (Å²) < 4.78 is 16.9. The average molecular weight is 497 g/mol. The first-order valence-corrected chi connectivity index (χ1v) is 11.5. The van der Waals surface area contributed by atoms with Crippen LogP contribution in [0.1, 0.15) is 19.4 Å². The minimum Gasteiger partial charge on any atom is -0.496 e. The van der Waals surface area contributed by atoms with Crippen LogP contribution in [0.25, 0.3) is 28.3 Å². The molecule has 1 heterocycles. The Balaban J connectivity index is 1.69. The molecule has 0 spiro atoms. The monoisotopic (exact) mass is 496 g/mol. The zero-order chi connectivity index (χ0) is 24.2. The molecule has 1 N–H and O–H groups in total. The van der Waals surface area contributed by atoms with Gasteiger partial charge in [0.05, 0.1) is 18.8 Å². The van der Waals surface area contributed by atoms with Crippen molar-refractivity contribution >= 4 is 46.2 Å². The van der Waals surface area contributed by atoms with Crippen LogP contribution in [0.4, 0.5) is 0 Å². The van der Waals surface area contributed by atoms with E-state index in [-0.39, 0.29) is 22.1 Å². The highest BCUT2D eigenvalue weighted by molar-refractivity contribution is 8.03. The molecule has 3 aromatic carbocycles. The largest absolute Gasteiger partial charge is 0.496 e. The molecule has 0 amide bonds. The van der Waals surface area contributed by atoms with Crippen molar-refractivity contribution in [3.05, 3.63) is 70.1 Å². The van der Waals surface area contributed by atoms with Crippen LogP contribution in [0.2, 0.25) is 5.02 Å². The molecule has 0 aliphatic heterocycles. The normalized spacial score (nSPS) is 11.7. The summed E-state index contributed by atoms with van der Waals surface area (Å²) in [5.41, 5.74) is 1.25. The molecule has 0 aliphatic rings. The lowest BCUT2D eigenvalue weighted by molar-refractivity contribution is -0.131. The first-order chi connectivity index (χ1) is 16.4. The van der Waals surface area contributed by atoms with Crippen LogP contribution < -0.4 is 9.47 Å². The van der Waals surface area contributed by atoms with Gasteiger partial charge in [-0.25, -0.2) is 4.79 Å². The van der Waals surface area contributed by atoms with E-state index in [4.69, 9.17) is 25.5 Å². The number of rotatable bonds is 8. The van der Waals surface area contributed by atoms with E-state index < -0.39 is 5.97 Å². The number of hydrogen-bond acceptors (Lipinski definition) is 7. The van der Waals surface area contributed by atoms with E-state index in [1.54, 1.807) is 24.3 Å². The maximum absolute atomic E-state index is 12.0. The lowest BCUT2D eigenvalue weighted by Gasteiger charge is -2.14. The van der Waals surface area contributed by atoms with E-state index in [1.807, 2.05) is 50.2 Å². The number of carbonyl (C=O) groups is 1. The average Bonchev–Trinajstić information content (AvgIpc) is 3.28. The van der Waals surface area contributed by atoms with Crippen LogP contribution in [-0.2, 0) is 4.79 Å². The van der Waals surface area contributed by atoms with Gasteiger partial charge in [-0.1, -0.05) is 41.9 Å². The highest BCUT2D eigenvalue weighted by Crippen LogP contribution is 2.36. The molecule has 1 aromatic heterocycles. The van der Waals surface area contributed by atoms with Gasteiger partial charge in [0.1, 0.15) is 16.4 Å². The number of thioether (sulfide) groups is 1. The summed E-state index contributed by atoms with van der Waals surface area (Å²) in [5, 5.41) is 20.2. The fraction of sp³-hybridized carbons (Fsp3) is 0.160. The summed E-state index contributed by atoms with van der Waals surface area (Å²) in [5.74, 6) is 0.307. The number of benzene rings is 3. The minimum atomic E-state index is -1.11. The predicted molar refractivity (Wildman–Crippen MR) is 132 cm³/mol. The van der Waals surface area contributed by atoms with Crippen molar-refractivity contribution in [3.8, 4) is 23.0 Å². The van der Waals surface area contributed by atoms with Crippen LogP contribution in [0.3, 0.4) is 0 Å². The lowest BCUT2D eigenvalue weighted by Crippen LogP contribution is -2.06. The van der Waals surface area contributed by atoms with Gasteiger partial charge in [0.2, 0.25) is 0 Å². The van der Waals surface area contributed by atoms with Crippen molar-refractivity contribution in [2.45, 2.75) is 25.2 Å². The number of hydrogen-bond donors (Lipinski definition) is 1. The SMILES string of the molecule is COc1ccc(Cl)cc1-c1nnc(S/C(=C\c2ccc(OC(C)C)c3ccccc23)C(=O)O)o1. The van der Waals surface area contributed by atoms with Gasteiger partial charge in [-0.2, -0.15) is 0 Å². The number of halogens is 1. The Morgan fingerprint density at radius 3 is 2.53 bits per heavy atom. The van der Waals surface area contributed by atoms with E-state index in [2.05, 4.69) is 10.2 Å². The number of aliphatic carboxylic acids is 1. The number of carboxylic acids is 1. The Morgan fingerprint density at radius 2 is 1.82 bits per heavy atom. The van der Waals surface area contributed by atoms with E-state index in [9.17, 15) is 9.90 Å². The molecular formula is C25H21ClN2O5S. The van der Waals surface area contributed by atoms with Crippen molar-refractivity contribution in [2.24, 2.45) is 0 Å². The molecule has 9 heteroatoms. The van der Waals surface area contributed by atoms with Gasteiger partial charge in [-0.3, -0.25) is 0 Å². The minimum absolute atomic E-state index is 0.0137. The van der Waals surface area contributed by atoms with Gasteiger partial charge in [0.25, 0.3) is 11.1 Å². The number of methoxy groups -OCH3 is 1. The summed E-state index contributed by atoms with van der Waals surface area (Å²) in [7, 11) is 1.52. The van der Waals surface area contributed by atoms with Crippen LogP contribution in [0, 0.1) is 0 Å². The smallest absolute Gasteiger partial charge is 0.342 e. The van der Waals surface area contributed by atoms with Gasteiger partial charge in [0.15, 0.2) is 0 Å². The molecule has 4 aromatic rings. The van der Waals surface area contributed by atoms with Crippen LogP contribution in [0.5, 0.6) is 11.5 Å². The molecule has 0 unspecified atom stereocenters. The number of ether oxygens (including phenoxy) is 2. The molecule has 0 fully saturated rings. The topological polar surface area (TPSA) is 94.7 Å². The van der Waals surface area contributed by atoms with Gasteiger partial charge in [-0.05, 0) is 66.9 Å². The molecule has 0 saturated heterocycles. The molecule has 7 nitrogen and oxygen atoms in total. The second kappa shape index (κ2) is 10.2. The molecule has 0 bridgehead atoms. The van der Waals surface area contributed by atoms with Crippen molar-refractivity contribution < 1.29 is 23.8 Å². The Kier molecular flexibility index (Phi) is 7.09. The third-order valence-corrected chi connectivity index (χ3v) is 5.86. The summed E-state index contributed by atoms with van der Waals surface area (Å²) in [4.78, 5) is 12.1. The predicted octanol–water partition coefficient (Wildman–Crippen LogP) is 6.56. The Hall–Kier alpha value is -3.49. The van der Waals surface area contributed by atoms with E-state index in [0.29, 0.717) is 16.3 Å². The zero-order valence-corrected chi connectivity index (χ0v) is 20.2. The van der Waals surface area contributed by atoms with Gasteiger partial charge < -0.3 is 19.0 Å². The highest BCUT2D eigenvalue weighted by Gasteiger charge is 2.19. The van der Waals surface area contributed by atoms with Gasteiger partial charge in [-0.15, -0.1) is 10.2 Å². The summed E-state index contributed by atoms with van der Waals surface area (Å²) in [6, 6.07) is 16.4. The molecule has 0 radical (unpaired) electrons. The van der Waals surface area contributed by atoms with E-state index >= 15 is 0 Å². The second-order valence-electron chi connectivity index (χ2n) is 7.50. The number of carboxylic acid groups (broad SMARTS) is 1. The molecule has 34 heavy (non-hydrogen) atoms. The van der Waals surface area contributed by atoms with Gasteiger partial charge >= 0.3 is 5.97 Å². The third-order valence-electron chi connectivity index (χ3n) is 4.77. The Bertz CT molecular complexity index is 1380. The fourth-order valence-electron chi connectivity index (χ4n) is 3.35. The van der Waals surface area contributed by atoms with Crippen molar-refractivity contribution in [1.82, 2.24) is 10.2 Å². The molecule has 0 saturated carbocycles. The molecule has 0 atom stereocenters. The van der Waals surface area contributed by atoms with Crippen LogP contribution in [0.15, 0.2) is 69.1 Å². The van der Waals surface area contributed by atoms with Gasteiger partial charge in [0, 0.05) is 10.4 Å². The first kappa shape index (κ1) is 23.7. The number of aromatic nitrogens is 2. The maximum Gasteiger partial charge on any atom is 0.342 e. The quantitative estimate of drug-likeness (QED) is 0.216. The van der Waals surface area contributed by atoms with E-state index in [0.717, 1.165) is 33.8 Å². The highest BCUT2D eigenvalue weighted by atomic mass is 35.5. The zero-order valence-electron chi connectivity index (χ0n) is 18.6. The van der Waals surface area contributed by atoms with Crippen LogP contribution in [-0.4, -0.2) is 34.5 Å². The molecular weight excluding hydrogens is 476 g/mol. The lowest BCUT2D eigenvalue weighted by atomic mass is 10.0. The Labute approximate surface area is 205 Å². The molecule has 4 rings (SSSR count). The van der Waals surface area contributed by atoms with Crippen molar-refractivity contribution in [1.29, 1.82) is 0 Å². The summed E-state index contributed by atoms with van der Waals surface area (Å²) in [6.45, 7) is 3.92. The number of fused-ring (bicyclic) bond motifs is 1. The molecule has 0 aliphatic carbocycles.